The number of epoxide rings is 1. The number of nitrogens with two attached hydrogens (primary N) is 1. The van der Waals surface area contributed by atoms with Gasteiger partial charge in [0, 0.05) is 87.7 Å². The number of anilines is 1. The number of methoxy groups -OCH3 is 1. The number of alkyl carbamates (subject to hydrolysis) is 1. The summed E-state index contributed by atoms with van der Waals surface area (Å²) in [6.07, 6.45) is 2.17. The van der Waals surface area contributed by atoms with E-state index in [1.807, 2.05) is 26.0 Å². The highest BCUT2D eigenvalue weighted by molar-refractivity contribution is 9.09. The number of aryl methyl sites for hydroxylation is 1. The summed E-state index contributed by atoms with van der Waals surface area (Å²) in [6, 6.07) is 3.95. The Kier molecular flexibility index (Phi) is 27.6. The second kappa shape index (κ2) is 33.2. The van der Waals surface area contributed by atoms with Crippen molar-refractivity contribution in [2.75, 3.05) is 56.2 Å². The third-order valence-corrected chi connectivity index (χ3v) is 20.1. The number of aliphatic hydroxyl groups is 1. The highest BCUT2D eigenvalue weighted by Crippen LogP contribution is 2.49. The maximum absolute atomic E-state index is 14.5. The maximum Gasteiger partial charge on any atom is 0.409 e. The van der Waals surface area contributed by atoms with Gasteiger partial charge in [0.15, 0.2) is 21.3 Å². The molecular formula is C63H87Br2ClN6O17S. The quantitative estimate of drug-likeness (QED) is 0.0192. The zero-order valence-corrected chi connectivity index (χ0v) is 57.7. The zero-order chi connectivity index (χ0) is 67.2. The summed E-state index contributed by atoms with van der Waals surface area (Å²) in [7, 11) is 0.0420. The maximum atomic E-state index is 14.5. The van der Waals surface area contributed by atoms with Crippen LogP contribution in [-0.2, 0) is 75.1 Å². The van der Waals surface area contributed by atoms with Crippen LogP contribution < -0.4 is 26.6 Å². The molecule has 3 aliphatic heterocycles. The molecule has 2 saturated heterocycles. The largest absolute Gasteiger partial charge is 0.465 e. The van der Waals surface area contributed by atoms with Gasteiger partial charge in [-0.05, 0) is 107 Å². The number of urea groups is 1. The van der Waals surface area contributed by atoms with E-state index in [4.69, 9.17) is 41.0 Å². The number of carbonyl (C=O) groups is 9. The predicted molar refractivity (Wildman–Crippen MR) is 344 cm³/mol. The van der Waals surface area contributed by atoms with Gasteiger partial charge >= 0.3 is 24.1 Å². The number of nitrogens with zero attached hydrogens (tertiary/aromatic N) is 2. The summed E-state index contributed by atoms with van der Waals surface area (Å²) in [6.45, 7) is 12.2. The lowest BCUT2D eigenvalue weighted by Crippen LogP contribution is -2.63. The number of likely N-dealkylation sites (N-methyl/N-ethyl adjacent to an activating group) is 1. The summed E-state index contributed by atoms with van der Waals surface area (Å²) in [5.41, 5.74) is 4.55. The van der Waals surface area contributed by atoms with Gasteiger partial charge in [0.25, 0.3) is 5.91 Å². The van der Waals surface area contributed by atoms with E-state index in [0.717, 1.165) is 28.4 Å². The lowest BCUT2D eigenvalue weighted by atomic mass is 9.83. The number of Topliss-reactive ketones (excluding diaryl/α,β-unsaturated/α-hetero) is 2. The van der Waals surface area contributed by atoms with Crippen molar-refractivity contribution in [2.45, 2.75) is 172 Å². The van der Waals surface area contributed by atoms with Crippen LogP contribution in [-0.4, -0.2) is 171 Å². The molecule has 23 nitrogen and oxygen atoms in total. The molecule has 498 valence electrons. The second-order valence-electron chi connectivity index (χ2n) is 24.2. The van der Waals surface area contributed by atoms with Crippen LogP contribution >= 0.6 is 43.5 Å². The fraction of sp³-hybridized carbons (Fsp3) is 0.603. The van der Waals surface area contributed by atoms with Gasteiger partial charge in [0.05, 0.1) is 46.7 Å². The molecule has 6 N–H and O–H groups in total. The first-order chi connectivity index (χ1) is 42.2. The van der Waals surface area contributed by atoms with E-state index in [1.165, 1.54) is 45.2 Å². The van der Waals surface area contributed by atoms with Crippen molar-refractivity contribution in [3.05, 3.63) is 81.4 Å². The third kappa shape index (κ3) is 20.1. The van der Waals surface area contributed by atoms with Crippen LogP contribution in [0.2, 0.25) is 5.02 Å². The number of hydrogen-bond donors (Lipinski definition) is 5. The normalized spacial score (nSPS) is 24.0. The average Bonchev–Trinajstić information content (AvgIpc) is 1.57. The van der Waals surface area contributed by atoms with E-state index in [0.29, 0.717) is 52.6 Å². The summed E-state index contributed by atoms with van der Waals surface area (Å²) < 4.78 is 56.4. The van der Waals surface area contributed by atoms with Crippen LogP contribution in [0.25, 0.3) is 0 Å². The van der Waals surface area contributed by atoms with Gasteiger partial charge in [-0.25, -0.2) is 22.8 Å². The molecule has 3 aliphatic rings. The highest BCUT2D eigenvalue weighted by atomic mass is 79.9. The first-order valence-corrected chi connectivity index (χ1v) is 34.5. The molecule has 90 heavy (non-hydrogen) atoms. The lowest BCUT2D eigenvalue weighted by molar-refractivity contribution is -0.158. The zero-order valence-electron chi connectivity index (χ0n) is 53.0. The fourth-order valence-electron chi connectivity index (χ4n) is 11.1. The van der Waals surface area contributed by atoms with Crippen LogP contribution in [0.1, 0.15) is 126 Å². The van der Waals surface area contributed by atoms with Crippen molar-refractivity contribution in [1.82, 2.24) is 20.9 Å². The molecule has 10 atom stereocenters. The summed E-state index contributed by atoms with van der Waals surface area (Å²) in [5.74, 6) is -6.17. The molecule has 0 aromatic heterocycles. The van der Waals surface area contributed by atoms with Crippen LogP contribution in [0, 0.1) is 30.6 Å². The Morgan fingerprint density at radius 2 is 1.70 bits per heavy atom. The molecule has 2 fully saturated rings. The van der Waals surface area contributed by atoms with Gasteiger partial charge in [-0.2, -0.15) is 0 Å². The van der Waals surface area contributed by atoms with E-state index in [-0.39, 0.29) is 84.9 Å². The smallest absolute Gasteiger partial charge is 0.409 e. The Labute approximate surface area is 549 Å². The fourth-order valence-corrected chi connectivity index (χ4v) is 13.9. The number of ether oxygens (including phenoxy) is 5. The Balaban J connectivity index is 1.36. The Bertz CT molecular complexity index is 3160. The molecule has 0 spiro atoms. The molecule has 0 saturated carbocycles. The van der Waals surface area contributed by atoms with Crippen LogP contribution in [0.15, 0.2) is 59.0 Å². The van der Waals surface area contributed by atoms with E-state index < -0.39 is 124 Å². The van der Waals surface area contributed by atoms with E-state index in [1.54, 1.807) is 45.9 Å². The summed E-state index contributed by atoms with van der Waals surface area (Å²) in [5, 5.41) is 20.9. The van der Waals surface area contributed by atoms with E-state index in [2.05, 4.69) is 47.8 Å². The van der Waals surface area contributed by atoms with Gasteiger partial charge in [0.2, 0.25) is 11.8 Å². The lowest BCUT2D eigenvalue weighted by Gasteiger charge is -2.42. The van der Waals surface area contributed by atoms with Gasteiger partial charge in [-0.15, -0.1) is 0 Å². The number of hydrogen-bond acceptors (Lipinski definition) is 17. The highest BCUT2D eigenvalue weighted by Gasteiger charge is 2.64. The number of allylic oxidation sites excluding steroid dienone is 3. The number of sulfone groups is 1. The number of rotatable bonds is 27. The van der Waals surface area contributed by atoms with Crippen molar-refractivity contribution in [2.24, 2.45) is 29.4 Å². The average molecular weight is 1430 g/mol. The second-order valence-corrected chi connectivity index (χ2v) is 27.9. The first kappa shape index (κ1) is 75.0. The number of ketones is 2. The number of carbonyl (C=O) groups excluding carboxylic acids is 9. The standard InChI is InChI=1S/C63H87Br2ClN6O17S/c1-35(2)45(30-44(73)18-13-12-14-24-86-59(79)43(33-64)34-65)56(76)69-46(19-16-23-68-60(67)80)48(74)28-41-21-22-42(29-50(41)90(11,83)84)57(77)71(8)39(6)58(78)88-52-31-53(75)72(9)47-27-40(26-37(4)54(47)66)25-36(3)17-15-20-51(85-10)63(82)32-49(87-61(81)70-63)38(5)55-62(52,7)89-55/h15,17,20-22,26-27,29,35,38-39,43,45-46,49,51-52,55,82H,12-14,16,18-19,23-25,28,30-34H2,1-11H3,(H,69,76)(H,70,81)(H3,67,68,80)/b20-15+,36-17+/t38-,39+,45+,46+,49+,51-,52+,55+,62+,63+/m1/s1. The van der Waals surface area contributed by atoms with Crippen LogP contribution in [0.3, 0.4) is 0 Å². The molecule has 0 radical (unpaired) electrons. The van der Waals surface area contributed by atoms with Crippen LogP contribution in [0.4, 0.5) is 15.3 Å². The number of fused-ring (bicyclic) bond motifs is 5. The molecule has 4 bridgehead atoms. The number of primary amides is 1. The molecule has 2 aromatic carbocycles. The third-order valence-electron chi connectivity index (χ3n) is 16.8. The van der Waals surface area contributed by atoms with Gasteiger partial charge in [0.1, 0.15) is 35.7 Å². The molecule has 27 heteroatoms. The SMILES string of the molecule is CO[C@@H]1/C=C/C=C(\C)Cc2cc(C)c(Cl)c(c2)N(C)C(=O)C[C@H](OC(=O)[C@H](C)N(C)C(=O)c2ccc(CC(=O)[C@H](CCCNC(N)=O)NC(=O)[C@@H](CC(=O)CCCCCOC(=O)C(CBr)CBr)C(C)C)c(S(C)(=O)=O)c2)[C@]2(C)O[C@H]2[C@H](C)[C@@H]2C[C@@]1(O)NC(=O)O2. The molecule has 0 unspecified atom stereocenters. The Hall–Kier alpha value is -5.77. The Morgan fingerprint density at radius 1 is 1.01 bits per heavy atom. The van der Waals surface area contributed by atoms with Gasteiger partial charge in [-0.1, -0.05) is 100 Å². The summed E-state index contributed by atoms with van der Waals surface area (Å²) >= 11 is 13.4. The van der Waals surface area contributed by atoms with Crippen molar-refractivity contribution in [3.63, 3.8) is 0 Å². The van der Waals surface area contributed by atoms with E-state index in [9.17, 15) is 56.7 Å². The number of alkyl halides is 2. The molecule has 5 rings (SSSR count). The van der Waals surface area contributed by atoms with Crippen LogP contribution in [0.5, 0.6) is 0 Å². The minimum Gasteiger partial charge on any atom is -0.465 e. The van der Waals surface area contributed by atoms with E-state index >= 15 is 0 Å². The number of amides is 6. The van der Waals surface area contributed by atoms with Crippen molar-refractivity contribution >= 4 is 112 Å². The minimum absolute atomic E-state index is 0.00727. The number of esters is 2. The molecule has 6 amide bonds. The number of halogens is 3. The monoisotopic (exact) mass is 1420 g/mol. The molecule has 3 heterocycles. The van der Waals surface area contributed by atoms with Crippen molar-refractivity contribution < 1.29 is 80.4 Å². The van der Waals surface area contributed by atoms with Gasteiger partial charge < -0.3 is 55.0 Å². The topological polar surface area (TPSA) is 326 Å². The number of unbranched alkanes of at least 4 members (excludes halogenated alkanes) is 2. The molecule has 0 aliphatic carbocycles. The minimum atomic E-state index is -4.19. The number of nitrogens with one attached hydrogen (secondary N) is 3. The molecule has 2 aromatic rings. The first-order valence-electron chi connectivity index (χ1n) is 30.0. The van der Waals surface area contributed by atoms with Crippen molar-refractivity contribution in [1.29, 1.82) is 0 Å². The predicted octanol–water partition coefficient (Wildman–Crippen LogP) is 7.32. The Morgan fingerprint density at radius 3 is 2.33 bits per heavy atom. The van der Waals surface area contributed by atoms with Crippen molar-refractivity contribution in [3.8, 4) is 0 Å². The van der Waals surface area contributed by atoms with Gasteiger partial charge in [-0.3, -0.25) is 34.1 Å². The number of benzene rings is 2. The summed E-state index contributed by atoms with van der Waals surface area (Å²) in [4.78, 5) is 124. The molecular weight excluding hydrogens is 1340 g/mol.